The van der Waals surface area contributed by atoms with Crippen LogP contribution < -0.4 is 4.74 Å². The van der Waals surface area contributed by atoms with Crippen LogP contribution >= 0.6 is 0 Å². The minimum absolute atomic E-state index is 0.0545. The van der Waals surface area contributed by atoms with Crippen molar-refractivity contribution in [2.24, 2.45) is 17.8 Å². The number of piperidine rings is 1. The first kappa shape index (κ1) is 17.7. The molecule has 3 heteroatoms. The topological polar surface area (TPSA) is 29.5 Å². The van der Waals surface area contributed by atoms with Gasteiger partial charge in [-0.2, -0.15) is 0 Å². The van der Waals surface area contributed by atoms with Crippen molar-refractivity contribution in [2.45, 2.75) is 69.7 Å². The first-order chi connectivity index (χ1) is 13.1. The third-order valence-electron chi connectivity index (χ3n) is 8.40. The molecule has 0 aromatic heterocycles. The lowest BCUT2D eigenvalue weighted by atomic mass is 9.49. The van der Waals surface area contributed by atoms with E-state index >= 15 is 0 Å². The van der Waals surface area contributed by atoms with Crippen molar-refractivity contribution in [3.8, 4) is 5.75 Å². The maximum Gasteiger partial charge on any atom is 0.134 e. The molecule has 0 amide bonds. The number of fused-ring (bicyclic) bond motifs is 1. The minimum atomic E-state index is 0.0545. The Kier molecular flexibility index (Phi) is 4.34. The van der Waals surface area contributed by atoms with Crippen molar-refractivity contribution in [3.05, 3.63) is 29.3 Å². The van der Waals surface area contributed by atoms with Crippen LogP contribution in [0.2, 0.25) is 0 Å². The SMILES string of the molecule is CCC1CC(=O)C[C@]23CCN(CC4CCC4)[C@H](Cc4ccc(OC)cc42)[C@H]13. The van der Waals surface area contributed by atoms with Crippen LogP contribution in [0.15, 0.2) is 18.2 Å². The van der Waals surface area contributed by atoms with Gasteiger partial charge in [0, 0.05) is 30.8 Å². The van der Waals surface area contributed by atoms with Gasteiger partial charge in [-0.05, 0) is 73.2 Å². The Morgan fingerprint density at radius 1 is 1.26 bits per heavy atom. The molecule has 1 saturated heterocycles. The van der Waals surface area contributed by atoms with E-state index in [9.17, 15) is 4.79 Å². The van der Waals surface area contributed by atoms with E-state index in [1.54, 1.807) is 7.11 Å². The molecule has 0 radical (unpaired) electrons. The number of hydrogen-bond acceptors (Lipinski definition) is 3. The Labute approximate surface area is 163 Å². The summed E-state index contributed by atoms with van der Waals surface area (Å²) >= 11 is 0. The average Bonchev–Trinajstić information content (AvgIpc) is 2.64. The number of Topliss-reactive ketones (excluding diaryl/α,β-unsaturated/α-hetero) is 1. The molecule has 4 aliphatic rings. The second-order valence-corrected chi connectivity index (χ2v) is 9.61. The summed E-state index contributed by atoms with van der Waals surface area (Å²) in [6, 6.07) is 7.29. The largest absolute Gasteiger partial charge is 0.497 e. The zero-order chi connectivity index (χ0) is 18.6. The summed E-state index contributed by atoms with van der Waals surface area (Å²) in [6.07, 6.45) is 9.24. The average molecular weight is 368 g/mol. The summed E-state index contributed by atoms with van der Waals surface area (Å²) in [7, 11) is 1.75. The fourth-order valence-corrected chi connectivity index (χ4v) is 6.93. The van der Waals surface area contributed by atoms with E-state index in [0.29, 0.717) is 23.7 Å². The number of hydrogen-bond donors (Lipinski definition) is 0. The summed E-state index contributed by atoms with van der Waals surface area (Å²) in [5.41, 5.74) is 2.97. The van der Waals surface area contributed by atoms with Crippen LogP contribution in [0.4, 0.5) is 0 Å². The van der Waals surface area contributed by atoms with Gasteiger partial charge in [0.1, 0.15) is 11.5 Å². The summed E-state index contributed by atoms with van der Waals surface area (Å²) in [4.78, 5) is 15.6. The highest BCUT2D eigenvalue weighted by atomic mass is 16.5. The van der Waals surface area contributed by atoms with Crippen molar-refractivity contribution in [2.75, 3.05) is 20.2 Å². The second-order valence-electron chi connectivity index (χ2n) is 9.61. The van der Waals surface area contributed by atoms with Crippen LogP contribution in [0.1, 0.15) is 63.0 Å². The second kappa shape index (κ2) is 6.62. The molecule has 1 aromatic carbocycles. The smallest absolute Gasteiger partial charge is 0.134 e. The van der Waals surface area contributed by atoms with Crippen LogP contribution in [-0.4, -0.2) is 36.9 Å². The van der Waals surface area contributed by atoms with Crippen LogP contribution in [0, 0.1) is 17.8 Å². The van der Waals surface area contributed by atoms with E-state index in [-0.39, 0.29) is 5.41 Å². The molecule has 146 valence electrons. The van der Waals surface area contributed by atoms with Crippen molar-refractivity contribution in [1.29, 1.82) is 0 Å². The molecule has 4 atom stereocenters. The van der Waals surface area contributed by atoms with Crippen molar-refractivity contribution in [1.82, 2.24) is 4.90 Å². The predicted molar refractivity (Wildman–Crippen MR) is 107 cm³/mol. The molecular formula is C24H33NO2. The van der Waals surface area contributed by atoms with Gasteiger partial charge in [0.2, 0.25) is 0 Å². The lowest BCUT2D eigenvalue weighted by Gasteiger charge is -2.61. The quantitative estimate of drug-likeness (QED) is 0.791. The maximum absolute atomic E-state index is 12.8. The van der Waals surface area contributed by atoms with E-state index in [1.807, 2.05) is 0 Å². The molecule has 5 rings (SSSR count). The predicted octanol–water partition coefficient (Wildman–Crippen LogP) is 4.37. The van der Waals surface area contributed by atoms with Crippen molar-refractivity contribution in [3.63, 3.8) is 0 Å². The zero-order valence-corrected chi connectivity index (χ0v) is 16.9. The molecule has 3 fully saturated rings. The molecule has 3 aliphatic carbocycles. The van der Waals surface area contributed by atoms with Crippen LogP contribution in [-0.2, 0) is 16.6 Å². The molecule has 1 aliphatic heterocycles. The van der Waals surface area contributed by atoms with Gasteiger partial charge in [-0.1, -0.05) is 25.8 Å². The first-order valence-corrected chi connectivity index (χ1v) is 11.1. The minimum Gasteiger partial charge on any atom is -0.497 e. The van der Waals surface area contributed by atoms with Gasteiger partial charge in [0.05, 0.1) is 7.11 Å². The molecule has 3 nitrogen and oxygen atoms in total. The highest BCUT2D eigenvalue weighted by molar-refractivity contribution is 5.82. The molecule has 0 spiro atoms. The standard InChI is InChI=1S/C24H33NO2/c1-3-17-11-19(26)14-24-9-10-25(15-16-5-4-6-16)22(23(17)24)12-18-7-8-20(27-2)13-21(18)24/h7-8,13,16-17,22-23H,3-6,9-12,14-15H2,1-2H3/t17?,22-,23+,24-/m1/s1. The summed E-state index contributed by atoms with van der Waals surface area (Å²) in [5.74, 6) is 3.52. The van der Waals surface area contributed by atoms with Gasteiger partial charge in [0.15, 0.2) is 0 Å². The Bertz CT molecular complexity index is 740. The highest BCUT2D eigenvalue weighted by Gasteiger charge is 2.58. The third kappa shape index (κ3) is 2.68. The summed E-state index contributed by atoms with van der Waals surface area (Å²) < 4.78 is 5.57. The number of likely N-dealkylation sites (tertiary alicyclic amines) is 1. The molecule has 1 heterocycles. The molecular weight excluding hydrogens is 334 g/mol. The monoisotopic (exact) mass is 367 g/mol. The number of nitrogens with zero attached hydrogens (tertiary/aromatic N) is 1. The molecule has 0 N–H and O–H groups in total. The van der Waals surface area contributed by atoms with Gasteiger partial charge in [-0.3, -0.25) is 9.69 Å². The number of rotatable bonds is 4. The van der Waals surface area contributed by atoms with E-state index in [2.05, 4.69) is 30.0 Å². The lowest BCUT2D eigenvalue weighted by molar-refractivity contribution is -0.132. The number of carbonyl (C=O) groups is 1. The Balaban J connectivity index is 1.59. The van der Waals surface area contributed by atoms with Crippen LogP contribution in [0.5, 0.6) is 5.75 Å². The van der Waals surface area contributed by atoms with Crippen molar-refractivity contribution >= 4 is 5.78 Å². The molecule has 27 heavy (non-hydrogen) atoms. The van der Waals surface area contributed by atoms with Gasteiger partial charge in [0.25, 0.3) is 0 Å². The highest BCUT2D eigenvalue weighted by Crippen LogP contribution is 2.58. The summed E-state index contributed by atoms with van der Waals surface area (Å²) in [5, 5.41) is 0. The van der Waals surface area contributed by atoms with E-state index < -0.39 is 0 Å². The number of ketones is 1. The van der Waals surface area contributed by atoms with Gasteiger partial charge in [-0.25, -0.2) is 0 Å². The van der Waals surface area contributed by atoms with E-state index in [4.69, 9.17) is 4.74 Å². The fourth-order valence-electron chi connectivity index (χ4n) is 6.93. The first-order valence-electron chi connectivity index (χ1n) is 11.1. The van der Waals surface area contributed by atoms with E-state index in [1.165, 1.54) is 36.9 Å². The van der Waals surface area contributed by atoms with Crippen molar-refractivity contribution < 1.29 is 9.53 Å². The van der Waals surface area contributed by atoms with Crippen LogP contribution in [0.25, 0.3) is 0 Å². The maximum atomic E-state index is 12.8. The van der Waals surface area contributed by atoms with Crippen LogP contribution in [0.3, 0.4) is 0 Å². The third-order valence-corrected chi connectivity index (χ3v) is 8.40. The zero-order valence-electron chi connectivity index (χ0n) is 16.9. The number of benzene rings is 1. The van der Waals surface area contributed by atoms with Gasteiger partial charge < -0.3 is 4.74 Å². The Hall–Kier alpha value is -1.35. The molecule has 2 saturated carbocycles. The number of carbonyl (C=O) groups excluding carboxylic acids is 1. The van der Waals surface area contributed by atoms with E-state index in [0.717, 1.165) is 50.3 Å². The Morgan fingerprint density at radius 3 is 2.81 bits per heavy atom. The van der Waals surface area contributed by atoms with Gasteiger partial charge >= 0.3 is 0 Å². The lowest BCUT2D eigenvalue weighted by Crippen LogP contribution is -2.64. The molecule has 1 aromatic rings. The normalized spacial score (nSPS) is 35.9. The molecule has 2 bridgehead atoms. The number of methoxy groups -OCH3 is 1. The Morgan fingerprint density at radius 2 is 2.11 bits per heavy atom. The number of ether oxygens (including phenoxy) is 1. The molecule has 1 unspecified atom stereocenters. The van der Waals surface area contributed by atoms with Gasteiger partial charge in [-0.15, -0.1) is 0 Å². The summed E-state index contributed by atoms with van der Waals surface area (Å²) in [6.45, 7) is 4.75. The fraction of sp³-hybridized carbons (Fsp3) is 0.708.